The second-order valence-electron chi connectivity index (χ2n) is 4.37. The molecule has 10 heteroatoms. The van der Waals surface area contributed by atoms with E-state index in [1.807, 2.05) is 20.8 Å². The summed E-state index contributed by atoms with van der Waals surface area (Å²) in [6, 6.07) is 0. The minimum absolute atomic E-state index is 0.326. The highest BCUT2D eigenvalue weighted by atomic mass is 19.1. The maximum atomic E-state index is 13.5. The Bertz CT molecular complexity index is 280. The summed E-state index contributed by atoms with van der Waals surface area (Å²) in [6.45, 7) is 7.47. The van der Waals surface area contributed by atoms with Gasteiger partial charge in [0.1, 0.15) is 0 Å². The normalized spacial score (nSPS) is 12.8. The predicted molar refractivity (Wildman–Crippen MR) is 74.7 cm³/mol. The summed E-state index contributed by atoms with van der Waals surface area (Å²) in [4.78, 5) is 18.2. The lowest BCUT2D eigenvalue weighted by molar-refractivity contribution is -0.159. The molecule has 1 unspecified atom stereocenters. The lowest BCUT2D eigenvalue weighted by Gasteiger charge is -2.39. The molecule has 0 amide bonds. The van der Waals surface area contributed by atoms with Gasteiger partial charge in [-0.15, -0.1) is 0 Å². The van der Waals surface area contributed by atoms with Crippen molar-refractivity contribution in [1.82, 2.24) is 0 Å². The van der Waals surface area contributed by atoms with Crippen molar-refractivity contribution in [2.24, 2.45) is 11.1 Å². The van der Waals surface area contributed by atoms with Crippen LogP contribution in [0.25, 0.3) is 0 Å². The number of hydrogen-bond donors (Lipinski definition) is 6. The quantitative estimate of drug-likeness (QED) is 0.239. The molecule has 0 bridgehead atoms. The Morgan fingerprint density at radius 3 is 1.19 bits per heavy atom. The highest BCUT2D eigenvalue weighted by Crippen LogP contribution is 2.40. The SMILES string of the molecule is CCC(CC)(CC)C(C)(N)F.O=C(O)C(=O)O.OB(O)O. The van der Waals surface area contributed by atoms with Crippen molar-refractivity contribution >= 4 is 19.3 Å². The molecule has 0 aliphatic rings. The second kappa shape index (κ2) is 11.4. The van der Waals surface area contributed by atoms with Gasteiger partial charge in [-0.05, 0) is 26.2 Å². The molecule has 0 radical (unpaired) electrons. The third-order valence-electron chi connectivity index (χ3n) is 3.25. The molecule has 0 aliphatic carbocycles. The maximum absolute atomic E-state index is 13.5. The van der Waals surface area contributed by atoms with E-state index in [0.29, 0.717) is 0 Å². The first-order valence-corrected chi connectivity index (χ1v) is 6.29. The Morgan fingerprint density at radius 2 is 1.19 bits per heavy atom. The summed E-state index contributed by atoms with van der Waals surface area (Å²) in [5.41, 5.74) is 5.15. The van der Waals surface area contributed by atoms with Gasteiger partial charge in [-0.2, -0.15) is 0 Å². The predicted octanol–water partition coefficient (Wildman–Crippen LogP) is -0.0490. The Labute approximate surface area is 123 Å². The summed E-state index contributed by atoms with van der Waals surface area (Å²) in [5, 5.41) is 36.3. The zero-order chi connectivity index (χ0) is 17.9. The molecule has 0 aromatic heterocycles. The van der Waals surface area contributed by atoms with Crippen LogP contribution in [0.2, 0.25) is 0 Å². The van der Waals surface area contributed by atoms with E-state index < -0.39 is 25.1 Å². The molecule has 0 saturated heterocycles. The third kappa shape index (κ3) is 12.2. The fourth-order valence-electron chi connectivity index (χ4n) is 1.79. The molecule has 0 aliphatic heterocycles. The van der Waals surface area contributed by atoms with Crippen molar-refractivity contribution in [3.05, 3.63) is 0 Å². The molecule has 1 atom stereocenters. The van der Waals surface area contributed by atoms with Crippen molar-refractivity contribution in [3.8, 4) is 0 Å². The van der Waals surface area contributed by atoms with E-state index in [4.69, 9.17) is 40.6 Å². The third-order valence-corrected chi connectivity index (χ3v) is 3.25. The number of hydrogen-bond acceptors (Lipinski definition) is 6. The van der Waals surface area contributed by atoms with Crippen molar-refractivity contribution in [1.29, 1.82) is 0 Å². The highest BCUT2D eigenvalue weighted by Gasteiger charge is 2.41. The Hall–Kier alpha value is -1.23. The molecule has 0 rings (SSSR count). The van der Waals surface area contributed by atoms with Gasteiger partial charge < -0.3 is 25.3 Å². The summed E-state index contributed by atoms with van der Waals surface area (Å²) in [6.07, 6.45) is 2.43. The topological polar surface area (TPSA) is 161 Å². The number of halogens is 1. The van der Waals surface area contributed by atoms with Crippen molar-refractivity contribution in [2.45, 2.75) is 52.8 Å². The van der Waals surface area contributed by atoms with Crippen LogP contribution in [-0.4, -0.2) is 50.3 Å². The van der Waals surface area contributed by atoms with Gasteiger partial charge in [-0.25, -0.2) is 14.0 Å². The molecular weight excluding hydrogens is 288 g/mol. The molecular formula is C11H25BFNO7. The molecule has 0 aromatic rings. The molecule has 0 spiro atoms. The first-order valence-electron chi connectivity index (χ1n) is 6.29. The van der Waals surface area contributed by atoms with E-state index in [1.165, 1.54) is 6.92 Å². The average molecular weight is 313 g/mol. The number of rotatable bonds is 4. The van der Waals surface area contributed by atoms with Crippen molar-refractivity contribution in [3.63, 3.8) is 0 Å². The van der Waals surface area contributed by atoms with E-state index in [9.17, 15) is 4.39 Å². The number of carboxylic acids is 2. The fourth-order valence-corrected chi connectivity index (χ4v) is 1.79. The van der Waals surface area contributed by atoms with E-state index in [2.05, 4.69) is 0 Å². The summed E-state index contributed by atoms with van der Waals surface area (Å²) < 4.78 is 13.5. The first-order chi connectivity index (χ1) is 9.31. The van der Waals surface area contributed by atoms with Crippen LogP contribution in [0.15, 0.2) is 0 Å². The Kier molecular flexibility index (Phi) is 13.5. The first kappa shape index (κ1) is 24.8. The van der Waals surface area contributed by atoms with Crippen LogP contribution in [0.4, 0.5) is 4.39 Å². The van der Waals surface area contributed by atoms with Crippen molar-refractivity contribution < 1.29 is 39.3 Å². The van der Waals surface area contributed by atoms with Crippen LogP contribution in [0.1, 0.15) is 47.0 Å². The summed E-state index contributed by atoms with van der Waals surface area (Å²) in [5.74, 6) is -5.18. The lowest BCUT2D eigenvalue weighted by atomic mass is 9.73. The number of carboxylic acid groups (broad SMARTS) is 2. The number of carbonyl (C=O) groups is 2. The summed E-state index contributed by atoms with van der Waals surface area (Å²) >= 11 is 0. The van der Waals surface area contributed by atoms with E-state index >= 15 is 0 Å². The van der Waals surface area contributed by atoms with Crippen LogP contribution in [0.3, 0.4) is 0 Å². The molecule has 0 saturated carbocycles. The van der Waals surface area contributed by atoms with E-state index in [1.54, 1.807) is 0 Å². The Morgan fingerprint density at radius 1 is 1.00 bits per heavy atom. The fraction of sp³-hybridized carbons (Fsp3) is 0.818. The zero-order valence-corrected chi connectivity index (χ0v) is 12.7. The van der Waals surface area contributed by atoms with Crippen LogP contribution in [-0.2, 0) is 9.59 Å². The molecule has 0 fully saturated rings. The summed E-state index contributed by atoms with van der Waals surface area (Å²) in [7, 11) is -2.17. The standard InChI is InChI=1S/C9H20FN.C2H2O4.BH3O3/c1-5-9(6-2,7-3)8(4,10)11;3-1(4)2(5)6;2-1(3)4/h5-7,11H2,1-4H3;(H,3,4)(H,5,6);2-4H. The molecule has 126 valence electrons. The van der Waals surface area contributed by atoms with Crippen LogP contribution >= 0.6 is 0 Å². The maximum Gasteiger partial charge on any atom is 0.631 e. The molecule has 0 aromatic carbocycles. The number of alkyl halides is 1. The molecule has 0 heterocycles. The Balaban J connectivity index is -0.000000272. The van der Waals surface area contributed by atoms with Gasteiger partial charge in [0.05, 0.1) is 0 Å². The minimum atomic E-state index is -2.17. The second-order valence-corrected chi connectivity index (χ2v) is 4.37. The van der Waals surface area contributed by atoms with E-state index in [-0.39, 0.29) is 5.41 Å². The number of nitrogens with two attached hydrogens (primary N) is 1. The molecule has 8 nitrogen and oxygen atoms in total. The largest absolute Gasteiger partial charge is 0.631 e. The smallest absolute Gasteiger partial charge is 0.473 e. The van der Waals surface area contributed by atoms with Crippen molar-refractivity contribution in [2.75, 3.05) is 0 Å². The van der Waals surface area contributed by atoms with Gasteiger partial charge in [0.15, 0.2) is 5.79 Å². The number of aliphatic carboxylic acids is 2. The van der Waals surface area contributed by atoms with Gasteiger partial charge in [-0.1, -0.05) is 20.8 Å². The lowest BCUT2D eigenvalue weighted by Crippen LogP contribution is -2.48. The van der Waals surface area contributed by atoms with E-state index in [0.717, 1.165) is 19.3 Å². The van der Waals surface area contributed by atoms with Gasteiger partial charge in [0.2, 0.25) is 0 Å². The zero-order valence-electron chi connectivity index (χ0n) is 12.7. The molecule has 21 heavy (non-hydrogen) atoms. The van der Waals surface area contributed by atoms with Crippen LogP contribution < -0.4 is 5.73 Å². The van der Waals surface area contributed by atoms with Crippen LogP contribution in [0.5, 0.6) is 0 Å². The highest BCUT2D eigenvalue weighted by molar-refractivity contribution is 6.30. The van der Waals surface area contributed by atoms with Gasteiger partial charge in [0, 0.05) is 5.41 Å². The monoisotopic (exact) mass is 313 g/mol. The average Bonchev–Trinajstić information content (AvgIpc) is 2.30. The van der Waals surface area contributed by atoms with Gasteiger partial charge in [-0.3, -0.25) is 5.73 Å². The van der Waals surface area contributed by atoms with Crippen LogP contribution in [0, 0.1) is 5.41 Å². The molecule has 7 N–H and O–H groups in total. The van der Waals surface area contributed by atoms with Gasteiger partial charge >= 0.3 is 19.3 Å². The minimum Gasteiger partial charge on any atom is -0.473 e. The van der Waals surface area contributed by atoms with Gasteiger partial charge in [0.25, 0.3) is 0 Å².